The highest BCUT2D eigenvalue weighted by atomic mass is 16.7. The number of amides is 1. The van der Waals surface area contributed by atoms with Crippen LogP contribution in [0.2, 0.25) is 0 Å². The average Bonchev–Trinajstić information content (AvgIpc) is 3.24. The zero-order chi connectivity index (χ0) is 20.3. The SMILES string of the molecule is O=C(NC1CC1)c1coc(CN(Cc2ccccc2)Cc2ccc3c(c2)OCO3)n1. The molecule has 0 spiro atoms. The maximum atomic E-state index is 12.2. The van der Waals surface area contributed by atoms with Gasteiger partial charge >= 0.3 is 0 Å². The molecule has 2 heterocycles. The Bertz CT molecular complexity index is 1030. The summed E-state index contributed by atoms with van der Waals surface area (Å²) in [7, 11) is 0. The molecule has 0 atom stereocenters. The van der Waals surface area contributed by atoms with Crippen molar-refractivity contribution in [2.45, 2.75) is 38.5 Å². The van der Waals surface area contributed by atoms with E-state index in [-0.39, 0.29) is 12.7 Å². The van der Waals surface area contributed by atoms with E-state index in [0.29, 0.717) is 30.7 Å². The second kappa shape index (κ2) is 8.20. The van der Waals surface area contributed by atoms with E-state index in [4.69, 9.17) is 13.9 Å². The first-order chi connectivity index (χ1) is 14.7. The molecule has 1 fully saturated rings. The van der Waals surface area contributed by atoms with Gasteiger partial charge in [0.15, 0.2) is 17.2 Å². The van der Waals surface area contributed by atoms with E-state index in [1.54, 1.807) is 0 Å². The Hall–Kier alpha value is -3.32. The lowest BCUT2D eigenvalue weighted by Crippen LogP contribution is -2.26. The Morgan fingerprint density at radius 2 is 1.80 bits per heavy atom. The van der Waals surface area contributed by atoms with Crippen LogP contribution in [-0.2, 0) is 19.6 Å². The molecule has 7 nitrogen and oxygen atoms in total. The third kappa shape index (κ3) is 4.46. The van der Waals surface area contributed by atoms with Crippen molar-refractivity contribution >= 4 is 5.91 Å². The monoisotopic (exact) mass is 405 g/mol. The molecule has 0 bridgehead atoms. The first kappa shape index (κ1) is 18.7. The Kier molecular flexibility index (Phi) is 5.11. The van der Waals surface area contributed by atoms with Gasteiger partial charge in [-0.15, -0.1) is 0 Å². The number of aromatic nitrogens is 1. The lowest BCUT2D eigenvalue weighted by Gasteiger charge is -2.21. The molecule has 1 aromatic heterocycles. The molecule has 30 heavy (non-hydrogen) atoms. The van der Waals surface area contributed by atoms with Crippen molar-refractivity contribution in [1.29, 1.82) is 0 Å². The second-order valence-corrected chi connectivity index (χ2v) is 7.69. The summed E-state index contributed by atoms with van der Waals surface area (Å²) >= 11 is 0. The number of oxazole rings is 1. The van der Waals surface area contributed by atoms with Gasteiger partial charge in [0.2, 0.25) is 12.7 Å². The minimum absolute atomic E-state index is 0.169. The number of ether oxygens (including phenoxy) is 2. The van der Waals surface area contributed by atoms with Gasteiger partial charge in [-0.05, 0) is 36.1 Å². The minimum Gasteiger partial charge on any atom is -0.454 e. The number of nitrogens with one attached hydrogen (secondary N) is 1. The molecule has 1 amide bonds. The van der Waals surface area contributed by atoms with Crippen LogP contribution in [-0.4, -0.2) is 28.6 Å². The standard InChI is InChI=1S/C23H23N3O4/c27-23(24-18-7-8-18)19-14-28-22(25-19)13-26(11-16-4-2-1-3-5-16)12-17-6-9-20-21(10-17)30-15-29-20/h1-6,9-10,14,18H,7-8,11-13,15H2,(H,24,27). The molecule has 1 saturated carbocycles. The van der Waals surface area contributed by atoms with E-state index < -0.39 is 0 Å². The number of hydrogen-bond donors (Lipinski definition) is 1. The van der Waals surface area contributed by atoms with Crippen molar-refractivity contribution in [2.75, 3.05) is 6.79 Å². The molecular weight excluding hydrogens is 382 g/mol. The van der Waals surface area contributed by atoms with Crippen LogP contribution < -0.4 is 14.8 Å². The molecule has 2 aromatic carbocycles. The van der Waals surface area contributed by atoms with Gasteiger partial charge in [-0.3, -0.25) is 9.69 Å². The first-order valence-electron chi connectivity index (χ1n) is 10.1. The van der Waals surface area contributed by atoms with E-state index in [2.05, 4.69) is 27.3 Å². The number of rotatable bonds is 8. The highest BCUT2D eigenvalue weighted by Crippen LogP contribution is 2.33. The molecule has 2 aliphatic rings. The van der Waals surface area contributed by atoms with Gasteiger partial charge < -0.3 is 19.2 Å². The fourth-order valence-corrected chi connectivity index (χ4v) is 3.47. The Morgan fingerprint density at radius 3 is 2.63 bits per heavy atom. The zero-order valence-corrected chi connectivity index (χ0v) is 16.5. The summed E-state index contributed by atoms with van der Waals surface area (Å²) in [6.07, 6.45) is 3.52. The van der Waals surface area contributed by atoms with E-state index in [0.717, 1.165) is 36.4 Å². The molecule has 0 radical (unpaired) electrons. The third-order valence-corrected chi connectivity index (χ3v) is 5.15. The number of carbonyl (C=O) groups is 1. The Labute approximate surface area is 174 Å². The molecule has 154 valence electrons. The molecule has 0 unspecified atom stereocenters. The maximum absolute atomic E-state index is 12.2. The summed E-state index contributed by atoms with van der Waals surface area (Å²) in [6, 6.07) is 16.5. The molecule has 5 rings (SSSR count). The van der Waals surface area contributed by atoms with Crippen LogP contribution in [0.4, 0.5) is 0 Å². The van der Waals surface area contributed by atoms with Crippen LogP contribution in [0.25, 0.3) is 0 Å². The molecule has 1 N–H and O–H groups in total. The number of benzene rings is 2. The van der Waals surface area contributed by atoms with E-state index in [9.17, 15) is 4.79 Å². The zero-order valence-electron chi connectivity index (χ0n) is 16.5. The minimum atomic E-state index is -0.169. The Balaban J connectivity index is 1.32. The fraction of sp³-hybridized carbons (Fsp3) is 0.304. The average molecular weight is 405 g/mol. The van der Waals surface area contributed by atoms with Crippen LogP contribution in [0, 0.1) is 0 Å². The van der Waals surface area contributed by atoms with Crippen LogP contribution >= 0.6 is 0 Å². The van der Waals surface area contributed by atoms with Crippen LogP contribution in [0.15, 0.2) is 59.2 Å². The molecule has 0 saturated heterocycles. The summed E-state index contributed by atoms with van der Waals surface area (Å²) in [5, 5.41) is 2.94. The fourth-order valence-electron chi connectivity index (χ4n) is 3.47. The highest BCUT2D eigenvalue weighted by Gasteiger charge is 2.25. The lowest BCUT2D eigenvalue weighted by atomic mass is 10.1. The normalized spacial score (nSPS) is 14.8. The van der Waals surface area contributed by atoms with Gasteiger partial charge in [-0.2, -0.15) is 0 Å². The smallest absolute Gasteiger partial charge is 0.273 e. The summed E-state index contributed by atoms with van der Waals surface area (Å²) < 4.78 is 16.5. The lowest BCUT2D eigenvalue weighted by molar-refractivity contribution is 0.0946. The van der Waals surface area contributed by atoms with Crippen LogP contribution in [0.5, 0.6) is 11.5 Å². The summed E-state index contributed by atoms with van der Waals surface area (Å²) in [6.45, 7) is 2.15. The van der Waals surface area contributed by atoms with Crippen LogP contribution in [0.3, 0.4) is 0 Å². The third-order valence-electron chi connectivity index (χ3n) is 5.15. The molecule has 1 aliphatic carbocycles. The van der Waals surface area contributed by atoms with Gasteiger partial charge in [0.25, 0.3) is 5.91 Å². The molecule has 1 aliphatic heterocycles. The summed E-state index contributed by atoms with van der Waals surface area (Å²) in [5.41, 5.74) is 2.63. The molecule has 7 heteroatoms. The predicted molar refractivity (Wildman–Crippen MR) is 109 cm³/mol. The number of carbonyl (C=O) groups excluding carboxylic acids is 1. The maximum Gasteiger partial charge on any atom is 0.273 e. The summed E-state index contributed by atoms with van der Waals surface area (Å²) in [4.78, 5) is 18.8. The van der Waals surface area contributed by atoms with Gasteiger partial charge in [0.1, 0.15) is 6.26 Å². The van der Waals surface area contributed by atoms with Crippen LogP contribution in [0.1, 0.15) is 40.3 Å². The topological polar surface area (TPSA) is 76.8 Å². The largest absolute Gasteiger partial charge is 0.454 e. The molecule has 3 aromatic rings. The van der Waals surface area contributed by atoms with Gasteiger partial charge in [-0.1, -0.05) is 36.4 Å². The first-order valence-corrected chi connectivity index (χ1v) is 10.1. The van der Waals surface area contributed by atoms with Crippen molar-refractivity contribution < 1.29 is 18.7 Å². The van der Waals surface area contributed by atoms with E-state index >= 15 is 0 Å². The predicted octanol–water partition coefficient (Wildman–Crippen LogP) is 3.50. The van der Waals surface area contributed by atoms with Crippen molar-refractivity contribution in [1.82, 2.24) is 15.2 Å². The quantitative estimate of drug-likeness (QED) is 0.618. The summed E-state index contributed by atoms with van der Waals surface area (Å²) in [5.74, 6) is 1.89. The van der Waals surface area contributed by atoms with Crippen molar-refractivity contribution in [3.63, 3.8) is 0 Å². The van der Waals surface area contributed by atoms with Crippen molar-refractivity contribution in [3.05, 3.63) is 77.5 Å². The van der Waals surface area contributed by atoms with Crippen molar-refractivity contribution in [2.24, 2.45) is 0 Å². The second-order valence-electron chi connectivity index (χ2n) is 7.69. The van der Waals surface area contributed by atoms with Gasteiger partial charge in [0.05, 0.1) is 6.54 Å². The van der Waals surface area contributed by atoms with Crippen molar-refractivity contribution in [3.8, 4) is 11.5 Å². The Morgan fingerprint density at radius 1 is 1.00 bits per heavy atom. The number of fused-ring (bicyclic) bond motifs is 1. The van der Waals surface area contributed by atoms with Gasteiger partial charge in [-0.25, -0.2) is 4.98 Å². The number of nitrogens with zero attached hydrogens (tertiary/aromatic N) is 2. The highest BCUT2D eigenvalue weighted by molar-refractivity contribution is 5.92. The molecular formula is C23H23N3O4. The van der Waals surface area contributed by atoms with E-state index in [1.165, 1.54) is 11.8 Å². The van der Waals surface area contributed by atoms with Gasteiger partial charge in [0, 0.05) is 19.1 Å². The van der Waals surface area contributed by atoms with E-state index in [1.807, 2.05) is 36.4 Å². The number of hydrogen-bond acceptors (Lipinski definition) is 6.